The molecule has 0 spiro atoms. The molecule has 0 radical (unpaired) electrons. The molecule has 0 saturated heterocycles. The first-order valence-corrected chi connectivity index (χ1v) is 3.31. The number of rotatable bonds is 4. The Hall–Kier alpha value is -0.620. The van der Waals surface area contributed by atoms with Crippen LogP contribution < -0.4 is 0 Å². The average molecular weight is 127 g/mol. The van der Waals surface area contributed by atoms with E-state index in [1.165, 1.54) is 6.08 Å². The van der Waals surface area contributed by atoms with Gasteiger partial charge < -0.3 is 0 Å². The number of nitrogens with zero attached hydrogens (tertiary/aromatic N) is 1. The number of carbonyl (C=O) groups excluding carboxylic acids is 1. The summed E-state index contributed by atoms with van der Waals surface area (Å²) in [5.74, 6) is 0.715. The molecule has 0 rings (SSSR count). The van der Waals surface area contributed by atoms with Crippen molar-refractivity contribution in [3.8, 4) is 0 Å². The molecule has 0 saturated carbocycles. The van der Waals surface area contributed by atoms with Crippen LogP contribution in [0.15, 0.2) is 4.99 Å². The molecule has 0 atom stereocenters. The first-order chi connectivity index (χ1) is 4.27. The van der Waals surface area contributed by atoms with E-state index in [-0.39, 0.29) is 0 Å². The normalized spacial score (nSPS) is 9.22. The molecular weight excluding hydrogens is 114 g/mol. The second-order valence-electron chi connectivity index (χ2n) is 2.51. The van der Waals surface area contributed by atoms with Crippen molar-refractivity contribution in [3.05, 3.63) is 0 Å². The molecule has 0 amide bonds. The molecule has 0 aromatic carbocycles. The summed E-state index contributed by atoms with van der Waals surface area (Å²) in [6.07, 6.45) is 3.67. The van der Waals surface area contributed by atoms with Crippen molar-refractivity contribution in [2.24, 2.45) is 10.9 Å². The van der Waals surface area contributed by atoms with Crippen LogP contribution >= 0.6 is 0 Å². The van der Waals surface area contributed by atoms with Crippen molar-refractivity contribution in [2.75, 3.05) is 6.54 Å². The zero-order valence-electron chi connectivity index (χ0n) is 6.05. The van der Waals surface area contributed by atoms with E-state index in [0.717, 1.165) is 12.8 Å². The van der Waals surface area contributed by atoms with E-state index in [9.17, 15) is 4.79 Å². The lowest BCUT2D eigenvalue weighted by Crippen LogP contribution is -1.88. The van der Waals surface area contributed by atoms with Crippen molar-refractivity contribution in [3.63, 3.8) is 0 Å². The maximum absolute atomic E-state index is 9.56. The van der Waals surface area contributed by atoms with Crippen molar-refractivity contribution < 1.29 is 4.79 Å². The van der Waals surface area contributed by atoms with Gasteiger partial charge in [0.25, 0.3) is 0 Å². The lowest BCUT2D eigenvalue weighted by atomic mass is 10.1. The van der Waals surface area contributed by atoms with E-state index in [4.69, 9.17) is 0 Å². The summed E-state index contributed by atoms with van der Waals surface area (Å²) in [5.41, 5.74) is 0. The monoisotopic (exact) mass is 127 g/mol. The molecule has 52 valence electrons. The second-order valence-corrected chi connectivity index (χ2v) is 2.51. The molecule has 0 aliphatic heterocycles. The predicted molar refractivity (Wildman–Crippen MR) is 37.1 cm³/mol. The largest absolute Gasteiger partial charge is 0.234 e. The SMILES string of the molecule is CC(C)CCCN=C=O. The van der Waals surface area contributed by atoms with Gasteiger partial charge in [-0.05, 0) is 18.8 Å². The van der Waals surface area contributed by atoms with Crippen LogP contribution in [0.25, 0.3) is 0 Å². The van der Waals surface area contributed by atoms with Crippen LogP contribution in [0.5, 0.6) is 0 Å². The molecule has 9 heavy (non-hydrogen) atoms. The molecule has 0 bridgehead atoms. The molecule has 0 aromatic rings. The Kier molecular flexibility index (Phi) is 5.14. The van der Waals surface area contributed by atoms with Crippen molar-refractivity contribution >= 4 is 6.08 Å². The minimum Gasteiger partial charge on any atom is -0.211 e. The fraction of sp³-hybridized carbons (Fsp3) is 0.857. The van der Waals surface area contributed by atoms with Crippen LogP contribution in [0, 0.1) is 5.92 Å². The molecule has 0 aliphatic rings. The van der Waals surface area contributed by atoms with E-state index >= 15 is 0 Å². The molecule has 0 aromatic heterocycles. The summed E-state index contributed by atoms with van der Waals surface area (Å²) in [6, 6.07) is 0. The quantitative estimate of drug-likeness (QED) is 0.321. The Morgan fingerprint density at radius 1 is 1.56 bits per heavy atom. The van der Waals surface area contributed by atoms with Crippen LogP contribution in [0.1, 0.15) is 26.7 Å². The minimum absolute atomic E-state index is 0.641. The Labute approximate surface area is 56.0 Å². The lowest BCUT2D eigenvalue weighted by Gasteiger charge is -1.98. The van der Waals surface area contributed by atoms with Crippen LogP contribution in [-0.4, -0.2) is 12.6 Å². The van der Waals surface area contributed by atoms with Gasteiger partial charge in [-0.3, -0.25) is 0 Å². The van der Waals surface area contributed by atoms with Gasteiger partial charge in [0.05, 0.1) is 6.54 Å². The van der Waals surface area contributed by atoms with Crippen LogP contribution in [0.2, 0.25) is 0 Å². The third-order valence-corrected chi connectivity index (χ3v) is 1.12. The second kappa shape index (κ2) is 5.52. The van der Waals surface area contributed by atoms with Gasteiger partial charge >= 0.3 is 0 Å². The molecular formula is C7H13NO. The van der Waals surface area contributed by atoms with Gasteiger partial charge in [0.2, 0.25) is 6.08 Å². The maximum Gasteiger partial charge on any atom is 0.234 e. The fourth-order valence-corrected chi connectivity index (χ4v) is 0.624. The van der Waals surface area contributed by atoms with E-state index in [1.54, 1.807) is 0 Å². The van der Waals surface area contributed by atoms with Crippen molar-refractivity contribution in [1.82, 2.24) is 0 Å². The van der Waals surface area contributed by atoms with Gasteiger partial charge in [-0.1, -0.05) is 13.8 Å². The zero-order valence-corrected chi connectivity index (χ0v) is 6.05. The highest BCUT2D eigenvalue weighted by Crippen LogP contribution is 2.02. The third-order valence-electron chi connectivity index (χ3n) is 1.12. The molecule has 2 nitrogen and oxygen atoms in total. The van der Waals surface area contributed by atoms with Gasteiger partial charge in [-0.25, -0.2) is 9.79 Å². The summed E-state index contributed by atoms with van der Waals surface area (Å²) in [4.78, 5) is 13.0. The topological polar surface area (TPSA) is 29.4 Å². The third kappa shape index (κ3) is 7.38. The maximum atomic E-state index is 9.56. The average Bonchev–Trinajstić information content (AvgIpc) is 1.80. The van der Waals surface area contributed by atoms with Crippen molar-refractivity contribution in [1.29, 1.82) is 0 Å². The number of aliphatic imine (C=N–C) groups is 1. The zero-order chi connectivity index (χ0) is 7.11. The van der Waals surface area contributed by atoms with E-state index in [2.05, 4.69) is 18.8 Å². The summed E-state index contributed by atoms with van der Waals surface area (Å²) in [6.45, 7) is 4.96. The Morgan fingerprint density at radius 3 is 2.67 bits per heavy atom. The fourth-order valence-electron chi connectivity index (χ4n) is 0.624. The van der Waals surface area contributed by atoms with E-state index in [0.29, 0.717) is 12.5 Å². The minimum atomic E-state index is 0.641. The molecule has 0 N–H and O–H groups in total. The molecule has 0 aliphatic carbocycles. The Morgan fingerprint density at radius 2 is 2.22 bits per heavy atom. The summed E-state index contributed by atoms with van der Waals surface area (Å²) in [7, 11) is 0. The van der Waals surface area contributed by atoms with Gasteiger partial charge in [0.15, 0.2) is 0 Å². The Bertz CT molecular complexity index is 103. The predicted octanol–water partition coefficient (Wildman–Crippen LogP) is 1.76. The van der Waals surface area contributed by atoms with Gasteiger partial charge in [0, 0.05) is 0 Å². The first-order valence-electron chi connectivity index (χ1n) is 3.31. The van der Waals surface area contributed by atoms with Gasteiger partial charge in [0.1, 0.15) is 0 Å². The van der Waals surface area contributed by atoms with Crippen LogP contribution in [0.4, 0.5) is 0 Å². The number of hydrogen-bond donors (Lipinski definition) is 0. The number of hydrogen-bond acceptors (Lipinski definition) is 2. The molecule has 0 heterocycles. The molecule has 2 heteroatoms. The van der Waals surface area contributed by atoms with Gasteiger partial charge in [-0.2, -0.15) is 0 Å². The highest BCUT2D eigenvalue weighted by atomic mass is 16.1. The first kappa shape index (κ1) is 8.38. The number of isocyanates is 1. The summed E-state index contributed by atoms with van der Waals surface area (Å²) < 4.78 is 0. The standard InChI is InChI=1S/C7H13NO/c1-7(2)4-3-5-8-6-9/h7H,3-5H2,1-2H3. The van der Waals surface area contributed by atoms with Gasteiger partial charge in [-0.15, -0.1) is 0 Å². The summed E-state index contributed by atoms with van der Waals surface area (Å²) in [5, 5.41) is 0. The smallest absolute Gasteiger partial charge is 0.211 e. The van der Waals surface area contributed by atoms with Crippen LogP contribution in [-0.2, 0) is 4.79 Å². The van der Waals surface area contributed by atoms with E-state index in [1.807, 2.05) is 0 Å². The lowest BCUT2D eigenvalue weighted by molar-refractivity contribution is 0.548. The van der Waals surface area contributed by atoms with E-state index < -0.39 is 0 Å². The Balaban J connectivity index is 3.00. The highest BCUT2D eigenvalue weighted by molar-refractivity contribution is 5.32. The summed E-state index contributed by atoms with van der Waals surface area (Å²) >= 11 is 0. The van der Waals surface area contributed by atoms with Crippen LogP contribution in [0.3, 0.4) is 0 Å². The highest BCUT2D eigenvalue weighted by Gasteiger charge is 1.90. The molecule has 0 unspecified atom stereocenters. The molecule has 0 fully saturated rings. The van der Waals surface area contributed by atoms with Crippen molar-refractivity contribution in [2.45, 2.75) is 26.7 Å².